The summed E-state index contributed by atoms with van der Waals surface area (Å²) < 4.78 is 0. The summed E-state index contributed by atoms with van der Waals surface area (Å²) in [6, 6.07) is 41.8. The second-order valence-corrected chi connectivity index (χ2v) is 30.6. The number of halogens is 2. The summed E-state index contributed by atoms with van der Waals surface area (Å²) in [6.45, 7) is 40.7. The Morgan fingerprint density at radius 2 is 0.561 bits per heavy atom. The van der Waals surface area contributed by atoms with Gasteiger partial charge in [-0.1, -0.05) is 230 Å². The molecule has 0 bridgehead atoms. The van der Waals surface area contributed by atoms with Crippen LogP contribution in [0, 0.1) is 69.2 Å². The van der Waals surface area contributed by atoms with Gasteiger partial charge in [-0.25, -0.2) is 0 Å². The average Bonchev–Trinajstić information content (AvgIpc) is 3.70. The number of aryl methyl sites for hydroxylation is 10. The van der Waals surface area contributed by atoms with Crippen LogP contribution >= 0.6 is 0 Å². The fourth-order valence-corrected chi connectivity index (χ4v) is 10.2. The van der Waals surface area contributed by atoms with Crippen molar-refractivity contribution in [2.24, 2.45) is 0 Å². The van der Waals surface area contributed by atoms with Gasteiger partial charge in [0.15, 0.2) is 0 Å². The fourth-order valence-electron chi connectivity index (χ4n) is 10.2. The zero-order valence-corrected chi connectivity index (χ0v) is 48.1. The van der Waals surface area contributed by atoms with Crippen molar-refractivity contribution in [1.82, 2.24) is 0 Å². The molecule has 0 atom stereocenters. The maximum atomic E-state index is 2.45. The van der Waals surface area contributed by atoms with E-state index in [2.05, 4.69) is 233 Å². The standard InChI is InChI=1S/2C30H33.C2H6Si.2ClH.Zr/c2*1-18-11-19(2)14-23(13-18)25-9-10-26(24-15-20(3)12-21(4)16-24)29-22(5)28(17-27(25)29)30(6,7)8;1-3-2;;;/h2*9-17H,1-8H3;1-2H3;2*1H;/q2*-1;;;;+2/p-2. The summed E-state index contributed by atoms with van der Waals surface area (Å²) in [4.78, 5) is 0. The SMILES string of the molecule is C[Si](C)=[Zr+2].Cc1cc(C)cc(-c2ccc(-c3cc(C)cc(C)c3)c3c(C)c(C(C)(C)C)[cH-]c23)c1.Cc1cc(C)cc(-c2ccc(-c3cc(C)cc(C)c3)c3c(C)c(C(C)(C)C)[cH-]c23)c1.[Cl-].[Cl-]. The van der Waals surface area contributed by atoms with Gasteiger partial charge in [-0.15, -0.1) is 44.8 Å². The first-order chi connectivity index (χ1) is 29.8. The molecule has 0 aliphatic rings. The molecular formula is C62H72Cl2SiZr-2. The predicted molar refractivity (Wildman–Crippen MR) is 283 cm³/mol. The zero-order valence-electron chi connectivity index (χ0n) is 43.1. The van der Waals surface area contributed by atoms with Crippen LogP contribution in [0.1, 0.15) is 108 Å². The number of hydrogen-bond acceptors (Lipinski definition) is 0. The average molecular weight is 1010 g/mol. The molecule has 0 amide bonds. The fraction of sp³-hybridized carbons (Fsp3) is 0.323. The Labute approximate surface area is 427 Å². The minimum atomic E-state index is 0. The van der Waals surface area contributed by atoms with Crippen LogP contribution in [0.4, 0.5) is 0 Å². The largest absolute Gasteiger partial charge is 1.00 e. The second-order valence-electron chi connectivity index (χ2n) is 21.3. The summed E-state index contributed by atoms with van der Waals surface area (Å²) in [5.41, 5.74) is 27.3. The Hall–Kier alpha value is -3.78. The minimum Gasteiger partial charge on any atom is -1.00 e. The van der Waals surface area contributed by atoms with Gasteiger partial charge in [0.2, 0.25) is 0 Å². The summed E-state index contributed by atoms with van der Waals surface area (Å²) in [5.74, 6) is 0. The van der Waals surface area contributed by atoms with Crippen LogP contribution in [0.3, 0.4) is 0 Å². The molecule has 0 radical (unpaired) electrons. The van der Waals surface area contributed by atoms with Crippen molar-refractivity contribution >= 4 is 27.0 Å². The van der Waals surface area contributed by atoms with Crippen LogP contribution in [0.2, 0.25) is 13.1 Å². The number of rotatable bonds is 4. The Bertz CT molecular complexity index is 2760. The smallest absolute Gasteiger partial charge is 0.0274 e. The van der Waals surface area contributed by atoms with E-state index in [-0.39, 0.29) is 41.1 Å². The Balaban J connectivity index is 0.000000260. The van der Waals surface area contributed by atoms with E-state index in [1.165, 1.54) is 133 Å². The number of benzene rings is 6. The quantitative estimate of drug-likeness (QED) is 0.122. The molecule has 0 spiro atoms. The van der Waals surface area contributed by atoms with Gasteiger partial charge in [0.05, 0.1) is 0 Å². The van der Waals surface area contributed by atoms with Gasteiger partial charge in [0.1, 0.15) is 0 Å². The molecule has 0 saturated carbocycles. The third-order valence-electron chi connectivity index (χ3n) is 12.4. The van der Waals surface area contributed by atoms with E-state index < -0.39 is 0 Å². The van der Waals surface area contributed by atoms with Crippen molar-refractivity contribution in [3.8, 4) is 44.5 Å². The molecule has 0 unspecified atom stereocenters. The molecule has 4 heteroatoms. The molecule has 344 valence electrons. The second kappa shape index (κ2) is 21.7. The molecule has 0 nitrogen and oxygen atoms in total. The molecule has 8 aromatic carbocycles. The number of hydrogen-bond donors (Lipinski definition) is 0. The molecule has 8 aromatic rings. The van der Waals surface area contributed by atoms with Crippen LogP contribution in [-0.4, -0.2) is 5.43 Å². The van der Waals surface area contributed by atoms with Gasteiger partial charge in [0, 0.05) is 0 Å². The molecule has 66 heavy (non-hydrogen) atoms. The summed E-state index contributed by atoms with van der Waals surface area (Å²) in [5, 5.41) is 5.56. The van der Waals surface area contributed by atoms with E-state index in [9.17, 15) is 0 Å². The summed E-state index contributed by atoms with van der Waals surface area (Å²) in [6.07, 6.45) is 0. The molecular weight excluding hydrogens is 935 g/mol. The third-order valence-corrected chi connectivity index (χ3v) is 12.4. The molecule has 0 fully saturated rings. The van der Waals surface area contributed by atoms with Crippen molar-refractivity contribution in [2.75, 3.05) is 0 Å². The van der Waals surface area contributed by atoms with E-state index in [1.807, 2.05) is 0 Å². The van der Waals surface area contributed by atoms with Crippen LogP contribution in [-0.2, 0) is 34.2 Å². The maximum absolute atomic E-state index is 2.45. The molecule has 0 N–H and O–H groups in total. The molecule has 0 aliphatic carbocycles. The van der Waals surface area contributed by atoms with Gasteiger partial charge in [-0.2, -0.15) is 11.1 Å². The van der Waals surface area contributed by atoms with E-state index in [0.717, 1.165) is 0 Å². The van der Waals surface area contributed by atoms with Crippen molar-refractivity contribution in [2.45, 2.75) is 135 Å². The van der Waals surface area contributed by atoms with E-state index in [4.69, 9.17) is 0 Å². The molecule has 0 saturated heterocycles. The number of fused-ring (bicyclic) bond motifs is 2. The predicted octanol–water partition coefficient (Wildman–Crippen LogP) is 12.3. The van der Waals surface area contributed by atoms with Crippen LogP contribution in [0.5, 0.6) is 0 Å². The van der Waals surface area contributed by atoms with Gasteiger partial charge in [0.25, 0.3) is 0 Å². The first-order valence-corrected chi connectivity index (χ1v) is 29.3. The first kappa shape index (κ1) is 54.8. The van der Waals surface area contributed by atoms with Crippen LogP contribution in [0.15, 0.2) is 109 Å². The summed E-state index contributed by atoms with van der Waals surface area (Å²) >= 11 is 1.74. The Kier molecular flexibility index (Phi) is 18.0. The monoisotopic (exact) mass is 1000 g/mol. The maximum Gasteiger partial charge on any atom is -0.0274 e. The van der Waals surface area contributed by atoms with Crippen molar-refractivity contribution in [3.05, 3.63) is 176 Å². The normalized spacial score (nSPS) is 11.3. The topological polar surface area (TPSA) is 0 Å². The Morgan fingerprint density at radius 1 is 0.364 bits per heavy atom. The van der Waals surface area contributed by atoms with Crippen molar-refractivity contribution < 1.29 is 48.1 Å². The Morgan fingerprint density at radius 3 is 0.773 bits per heavy atom. The van der Waals surface area contributed by atoms with E-state index >= 15 is 0 Å². The van der Waals surface area contributed by atoms with Crippen molar-refractivity contribution in [3.63, 3.8) is 0 Å². The zero-order chi connectivity index (χ0) is 47.2. The molecule has 0 aliphatic heterocycles. The van der Waals surface area contributed by atoms with Crippen molar-refractivity contribution in [1.29, 1.82) is 0 Å². The third kappa shape index (κ3) is 12.5. The first-order valence-electron chi connectivity index (χ1n) is 23.2. The summed E-state index contributed by atoms with van der Waals surface area (Å²) in [7, 11) is 0. The molecule has 8 rings (SSSR count). The van der Waals surface area contributed by atoms with Gasteiger partial charge in [-0.3, -0.25) is 0 Å². The van der Waals surface area contributed by atoms with E-state index in [1.54, 1.807) is 23.3 Å². The van der Waals surface area contributed by atoms with Gasteiger partial charge < -0.3 is 24.8 Å². The molecule has 0 aromatic heterocycles. The van der Waals surface area contributed by atoms with E-state index in [0.29, 0.717) is 0 Å². The van der Waals surface area contributed by atoms with Gasteiger partial charge >= 0.3 is 41.9 Å². The van der Waals surface area contributed by atoms with Crippen LogP contribution < -0.4 is 24.8 Å². The van der Waals surface area contributed by atoms with Crippen LogP contribution in [0.25, 0.3) is 66.1 Å². The molecule has 0 heterocycles. The van der Waals surface area contributed by atoms with Gasteiger partial charge in [-0.05, 0) is 77.3 Å². The minimum absolute atomic E-state index is 0.